The number of rotatable bonds is 5. The van der Waals surface area contributed by atoms with Crippen molar-refractivity contribution in [2.75, 3.05) is 19.4 Å². The predicted molar refractivity (Wildman–Crippen MR) is 111 cm³/mol. The molecule has 0 aliphatic rings. The fourth-order valence-electron chi connectivity index (χ4n) is 2.85. The van der Waals surface area contributed by atoms with E-state index >= 15 is 0 Å². The zero-order chi connectivity index (χ0) is 22.4. The van der Waals surface area contributed by atoms with Gasteiger partial charge >= 0.3 is 5.69 Å². The molecule has 0 atom stereocenters. The number of imidazole rings is 1. The molecule has 1 amide bonds. The molecule has 0 saturated carbocycles. The average molecular weight is 455 g/mol. The number of nitrogens with one attached hydrogen (secondary N) is 1. The molecule has 160 valence electrons. The first-order valence-electron chi connectivity index (χ1n) is 8.59. The van der Waals surface area contributed by atoms with Crippen molar-refractivity contribution in [2.45, 2.75) is 11.4 Å². The maximum Gasteiger partial charge on any atom is 0.332 e. The van der Waals surface area contributed by atoms with Crippen LogP contribution in [0.5, 0.6) is 0 Å². The molecule has 0 spiro atoms. The zero-order valence-electron chi connectivity index (χ0n) is 16.6. The van der Waals surface area contributed by atoms with Crippen LogP contribution in [0.3, 0.4) is 0 Å². The van der Waals surface area contributed by atoms with Gasteiger partial charge in [0.25, 0.3) is 5.56 Å². The van der Waals surface area contributed by atoms with Gasteiger partial charge in [-0.3, -0.25) is 23.3 Å². The Morgan fingerprint density at radius 2 is 1.87 bits per heavy atom. The standard InChI is InChI=1S/C17H19ClN6O5S/c1-21(2)30(28,29)11-7-5-6-10(8-11)19-12(25)9-24-13-14(20-16(24)18)22(3)17(27)23(4)15(13)26/h5-8H,9H2,1-4H3,(H,19,25). The van der Waals surface area contributed by atoms with Crippen LogP contribution in [0.25, 0.3) is 11.2 Å². The lowest BCUT2D eigenvalue weighted by molar-refractivity contribution is -0.116. The van der Waals surface area contributed by atoms with Crippen LogP contribution in [0, 0.1) is 0 Å². The summed E-state index contributed by atoms with van der Waals surface area (Å²) in [5, 5.41) is 2.44. The number of amides is 1. The maximum absolute atomic E-state index is 12.6. The Kier molecular flexibility index (Phi) is 5.58. The van der Waals surface area contributed by atoms with E-state index in [0.717, 1.165) is 13.4 Å². The second-order valence-electron chi connectivity index (χ2n) is 6.71. The minimum atomic E-state index is -3.67. The van der Waals surface area contributed by atoms with E-state index in [1.165, 1.54) is 57.0 Å². The third-order valence-corrected chi connectivity index (χ3v) is 6.60. The number of hydrogen-bond acceptors (Lipinski definition) is 6. The molecule has 0 aliphatic carbocycles. The maximum atomic E-state index is 12.6. The molecule has 1 N–H and O–H groups in total. The molecule has 3 rings (SSSR count). The van der Waals surface area contributed by atoms with E-state index in [1.54, 1.807) is 0 Å². The Morgan fingerprint density at radius 1 is 1.20 bits per heavy atom. The van der Waals surface area contributed by atoms with Crippen LogP contribution in [0.2, 0.25) is 5.28 Å². The molecule has 30 heavy (non-hydrogen) atoms. The number of hydrogen-bond donors (Lipinski definition) is 1. The highest BCUT2D eigenvalue weighted by atomic mass is 35.5. The topological polar surface area (TPSA) is 128 Å². The Morgan fingerprint density at radius 3 is 2.50 bits per heavy atom. The van der Waals surface area contributed by atoms with Gasteiger partial charge in [-0.05, 0) is 29.8 Å². The normalized spacial score (nSPS) is 11.9. The number of aryl methyl sites for hydroxylation is 1. The van der Waals surface area contributed by atoms with Gasteiger partial charge in [0.2, 0.25) is 21.2 Å². The third-order valence-electron chi connectivity index (χ3n) is 4.50. The van der Waals surface area contributed by atoms with E-state index in [1.807, 2.05) is 0 Å². The fraction of sp³-hybridized carbons (Fsp3) is 0.294. The Labute approximate surface area is 176 Å². The number of sulfonamides is 1. The molecule has 0 fully saturated rings. The van der Waals surface area contributed by atoms with E-state index in [0.29, 0.717) is 0 Å². The SMILES string of the molecule is CN(C)S(=O)(=O)c1cccc(NC(=O)Cn2c(Cl)nc3c2c(=O)n(C)c(=O)n3C)c1. The van der Waals surface area contributed by atoms with Crippen molar-refractivity contribution in [2.24, 2.45) is 14.1 Å². The van der Waals surface area contributed by atoms with Crippen molar-refractivity contribution >= 4 is 44.4 Å². The van der Waals surface area contributed by atoms with E-state index in [4.69, 9.17) is 11.6 Å². The molecule has 0 unspecified atom stereocenters. The summed E-state index contributed by atoms with van der Waals surface area (Å²) in [5.41, 5.74) is -0.899. The lowest BCUT2D eigenvalue weighted by Crippen LogP contribution is -2.37. The smallest absolute Gasteiger partial charge is 0.324 e. The van der Waals surface area contributed by atoms with Gasteiger partial charge in [0.05, 0.1) is 4.90 Å². The third kappa shape index (κ3) is 3.64. The predicted octanol–water partition coefficient (Wildman–Crippen LogP) is -0.0239. The second-order valence-corrected chi connectivity index (χ2v) is 9.20. The van der Waals surface area contributed by atoms with Crippen LogP contribution in [0.1, 0.15) is 0 Å². The van der Waals surface area contributed by atoms with Crippen LogP contribution in [-0.4, -0.2) is 51.4 Å². The minimum Gasteiger partial charge on any atom is -0.324 e. The summed E-state index contributed by atoms with van der Waals surface area (Å²) in [7, 11) is 1.89. The van der Waals surface area contributed by atoms with Crippen LogP contribution >= 0.6 is 11.6 Å². The highest BCUT2D eigenvalue weighted by Gasteiger charge is 2.21. The summed E-state index contributed by atoms with van der Waals surface area (Å²) in [6, 6.07) is 5.76. The number of carbonyl (C=O) groups is 1. The molecule has 2 aromatic heterocycles. The summed E-state index contributed by atoms with van der Waals surface area (Å²) in [6.07, 6.45) is 0. The fourth-order valence-corrected chi connectivity index (χ4v) is 4.03. The van der Waals surface area contributed by atoms with Gasteiger partial charge in [-0.25, -0.2) is 17.5 Å². The van der Waals surface area contributed by atoms with Crippen molar-refractivity contribution < 1.29 is 13.2 Å². The van der Waals surface area contributed by atoms with Gasteiger partial charge in [-0.2, -0.15) is 4.98 Å². The average Bonchev–Trinajstić information content (AvgIpc) is 3.01. The zero-order valence-corrected chi connectivity index (χ0v) is 18.2. The van der Waals surface area contributed by atoms with Gasteiger partial charge in [-0.15, -0.1) is 0 Å². The van der Waals surface area contributed by atoms with Crippen LogP contribution < -0.4 is 16.6 Å². The lowest BCUT2D eigenvalue weighted by atomic mass is 10.3. The molecule has 0 radical (unpaired) electrons. The summed E-state index contributed by atoms with van der Waals surface area (Å²) in [6.45, 7) is -0.368. The number of benzene rings is 1. The summed E-state index contributed by atoms with van der Waals surface area (Å²) < 4.78 is 28.8. The van der Waals surface area contributed by atoms with Gasteiger partial charge < -0.3 is 5.32 Å². The summed E-state index contributed by atoms with van der Waals surface area (Å²) in [4.78, 5) is 41.2. The molecule has 0 saturated heterocycles. The van der Waals surface area contributed by atoms with Crippen molar-refractivity contribution in [3.8, 4) is 0 Å². The Balaban J connectivity index is 1.95. The second kappa shape index (κ2) is 7.70. The molecule has 0 aliphatic heterocycles. The minimum absolute atomic E-state index is 0.00341. The first-order chi connectivity index (χ1) is 13.9. The number of carbonyl (C=O) groups excluding carboxylic acids is 1. The van der Waals surface area contributed by atoms with E-state index in [9.17, 15) is 22.8 Å². The van der Waals surface area contributed by atoms with E-state index < -0.39 is 27.2 Å². The number of anilines is 1. The molecule has 2 heterocycles. The van der Waals surface area contributed by atoms with Crippen molar-refractivity contribution in [1.29, 1.82) is 0 Å². The van der Waals surface area contributed by atoms with Crippen molar-refractivity contribution in [3.05, 3.63) is 50.4 Å². The largest absolute Gasteiger partial charge is 0.332 e. The van der Waals surface area contributed by atoms with Gasteiger partial charge in [0.1, 0.15) is 6.54 Å². The number of halogens is 1. The first-order valence-corrected chi connectivity index (χ1v) is 10.4. The Bertz CT molecular complexity index is 1390. The van der Waals surface area contributed by atoms with Crippen LogP contribution in [-0.2, 0) is 35.5 Å². The molecular weight excluding hydrogens is 436 g/mol. The number of fused-ring (bicyclic) bond motifs is 1. The highest BCUT2D eigenvalue weighted by molar-refractivity contribution is 7.89. The van der Waals surface area contributed by atoms with E-state index in [-0.39, 0.29) is 33.6 Å². The lowest BCUT2D eigenvalue weighted by Gasteiger charge is -2.13. The molecule has 11 nitrogen and oxygen atoms in total. The summed E-state index contributed by atoms with van der Waals surface area (Å²) >= 11 is 6.11. The van der Waals surface area contributed by atoms with Gasteiger partial charge in [-0.1, -0.05) is 6.07 Å². The molecule has 3 aromatic rings. The van der Waals surface area contributed by atoms with Gasteiger partial charge in [0.15, 0.2) is 11.2 Å². The van der Waals surface area contributed by atoms with Gasteiger partial charge in [0, 0.05) is 33.9 Å². The molecular formula is C17H19ClN6O5S. The quantitative estimate of drug-likeness (QED) is 0.539. The van der Waals surface area contributed by atoms with E-state index in [2.05, 4.69) is 10.3 Å². The molecule has 13 heteroatoms. The molecule has 1 aromatic carbocycles. The van der Waals surface area contributed by atoms with Crippen molar-refractivity contribution in [3.63, 3.8) is 0 Å². The number of aromatic nitrogens is 4. The monoisotopic (exact) mass is 454 g/mol. The number of nitrogens with zero attached hydrogens (tertiary/aromatic N) is 5. The highest BCUT2D eigenvalue weighted by Crippen LogP contribution is 2.19. The summed E-state index contributed by atoms with van der Waals surface area (Å²) in [5.74, 6) is -0.563. The molecule has 0 bridgehead atoms. The Hall–Kier alpha value is -2.96. The first kappa shape index (κ1) is 21.7. The van der Waals surface area contributed by atoms with Crippen LogP contribution in [0.4, 0.5) is 5.69 Å². The van der Waals surface area contributed by atoms with Crippen LogP contribution in [0.15, 0.2) is 38.8 Å². The van der Waals surface area contributed by atoms with Crippen molar-refractivity contribution in [1.82, 2.24) is 23.0 Å².